The van der Waals surface area contributed by atoms with Crippen molar-refractivity contribution in [3.05, 3.63) is 22.2 Å². The van der Waals surface area contributed by atoms with Crippen molar-refractivity contribution in [1.82, 2.24) is 10.2 Å². The number of nitrogens with one attached hydrogen (secondary N) is 1. The highest BCUT2D eigenvalue weighted by atomic mass is 79.9. The second kappa shape index (κ2) is 8.90. The zero-order valence-electron chi connectivity index (χ0n) is 14.7. The summed E-state index contributed by atoms with van der Waals surface area (Å²) in [7, 11) is 1.68. The maximum Gasteiger partial charge on any atom is 0.175 e. The van der Waals surface area contributed by atoms with Gasteiger partial charge in [-0.2, -0.15) is 0 Å². The van der Waals surface area contributed by atoms with Crippen LogP contribution in [0, 0.1) is 0 Å². The first-order valence-corrected chi connectivity index (χ1v) is 9.32. The lowest BCUT2D eigenvalue weighted by molar-refractivity contribution is 0.228. The molecule has 1 saturated heterocycles. The van der Waals surface area contributed by atoms with E-state index in [0.29, 0.717) is 6.04 Å². The average Bonchev–Trinajstić information content (AvgIpc) is 2.96. The number of likely N-dealkylation sites (N-methyl/N-ethyl adjacent to an activating group) is 1. The molecule has 0 aromatic heterocycles. The van der Waals surface area contributed by atoms with Gasteiger partial charge in [0, 0.05) is 19.1 Å². The van der Waals surface area contributed by atoms with Gasteiger partial charge in [0.15, 0.2) is 11.5 Å². The van der Waals surface area contributed by atoms with Crippen LogP contribution in [0.15, 0.2) is 16.6 Å². The number of halogens is 1. The molecule has 1 atom stereocenters. The van der Waals surface area contributed by atoms with E-state index in [1.54, 1.807) is 7.11 Å². The van der Waals surface area contributed by atoms with Crippen LogP contribution in [-0.4, -0.2) is 43.8 Å². The summed E-state index contributed by atoms with van der Waals surface area (Å²) in [6.07, 6.45) is 2.74. The molecule has 1 N–H and O–H groups in total. The number of hydrogen-bond donors (Lipinski definition) is 1. The quantitative estimate of drug-likeness (QED) is 0.738. The van der Waals surface area contributed by atoms with Gasteiger partial charge < -0.3 is 14.8 Å². The first-order valence-electron chi connectivity index (χ1n) is 8.53. The van der Waals surface area contributed by atoms with Crippen LogP contribution in [0.3, 0.4) is 0 Å². The molecule has 0 amide bonds. The maximum atomic E-state index is 5.84. The number of methoxy groups -OCH3 is 1. The standard InChI is InChI=1S/C18H29BrN2O2/c1-5-21-8-6-7-15(21)12-20-11-14-9-16(19)18(23-13(2)3)17(10-14)22-4/h9-10,13,15,20H,5-8,11-12H2,1-4H3/t15-/m0/s1. The Morgan fingerprint density at radius 1 is 1.39 bits per heavy atom. The fourth-order valence-corrected chi connectivity index (χ4v) is 3.73. The van der Waals surface area contributed by atoms with Gasteiger partial charge in [-0.25, -0.2) is 0 Å². The molecule has 0 unspecified atom stereocenters. The van der Waals surface area contributed by atoms with E-state index in [4.69, 9.17) is 9.47 Å². The van der Waals surface area contributed by atoms with Crippen LogP contribution >= 0.6 is 15.9 Å². The van der Waals surface area contributed by atoms with Gasteiger partial charge in [-0.15, -0.1) is 0 Å². The SMILES string of the molecule is CCN1CCC[C@H]1CNCc1cc(Br)c(OC(C)C)c(OC)c1. The zero-order chi connectivity index (χ0) is 16.8. The molecule has 0 bridgehead atoms. The molecule has 1 aromatic carbocycles. The minimum atomic E-state index is 0.117. The van der Waals surface area contributed by atoms with Crippen molar-refractivity contribution in [3.8, 4) is 11.5 Å². The number of hydrogen-bond acceptors (Lipinski definition) is 4. The summed E-state index contributed by atoms with van der Waals surface area (Å²) < 4.78 is 12.3. The van der Waals surface area contributed by atoms with Crippen LogP contribution in [0.5, 0.6) is 11.5 Å². The van der Waals surface area contributed by atoms with Crippen LogP contribution in [0.1, 0.15) is 39.2 Å². The maximum absolute atomic E-state index is 5.84. The summed E-state index contributed by atoms with van der Waals surface area (Å²) in [4.78, 5) is 2.56. The molecule has 1 aromatic rings. The third-order valence-electron chi connectivity index (χ3n) is 4.26. The minimum Gasteiger partial charge on any atom is -0.493 e. The van der Waals surface area contributed by atoms with Gasteiger partial charge >= 0.3 is 0 Å². The van der Waals surface area contributed by atoms with Gasteiger partial charge in [0.05, 0.1) is 17.7 Å². The Hall–Kier alpha value is -0.780. The van der Waals surface area contributed by atoms with Gasteiger partial charge in [-0.05, 0) is 73.4 Å². The first kappa shape index (κ1) is 18.6. The monoisotopic (exact) mass is 384 g/mol. The van der Waals surface area contributed by atoms with Crippen LogP contribution in [-0.2, 0) is 6.54 Å². The van der Waals surface area contributed by atoms with Crippen LogP contribution in [0.2, 0.25) is 0 Å². The molecule has 130 valence electrons. The van der Waals surface area contributed by atoms with E-state index in [1.165, 1.54) is 24.9 Å². The van der Waals surface area contributed by atoms with Crippen molar-refractivity contribution >= 4 is 15.9 Å². The molecule has 0 spiro atoms. The number of likely N-dealkylation sites (tertiary alicyclic amines) is 1. The highest BCUT2D eigenvalue weighted by Crippen LogP contribution is 2.37. The first-order chi connectivity index (χ1) is 11.0. The van der Waals surface area contributed by atoms with Gasteiger partial charge in [0.1, 0.15) is 0 Å². The van der Waals surface area contributed by atoms with Crippen molar-refractivity contribution in [2.75, 3.05) is 26.7 Å². The Labute approximate surface area is 148 Å². The van der Waals surface area contributed by atoms with Crippen LogP contribution < -0.4 is 14.8 Å². The highest BCUT2D eigenvalue weighted by Gasteiger charge is 2.22. The van der Waals surface area contributed by atoms with Crippen molar-refractivity contribution < 1.29 is 9.47 Å². The molecule has 2 rings (SSSR count). The molecular weight excluding hydrogens is 356 g/mol. The average molecular weight is 385 g/mol. The number of nitrogens with zero attached hydrogens (tertiary/aromatic N) is 1. The predicted molar refractivity (Wildman–Crippen MR) is 98.4 cm³/mol. The summed E-state index contributed by atoms with van der Waals surface area (Å²) in [5.74, 6) is 1.56. The minimum absolute atomic E-state index is 0.117. The lowest BCUT2D eigenvalue weighted by atomic mass is 10.1. The number of rotatable bonds is 8. The Bertz CT molecular complexity index is 508. The molecule has 23 heavy (non-hydrogen) atoms. The Balaban J connectivity index is 1.96. The molecule has 1 heterocycles. The fraction of sp³-hybridized carbons (Fsp3) is 0.667. The lowest BCUT2D eigenvalue weighted by Crippen LogP contribution is -2.37. The molecule has 5 heteroatoms. The highest BCUT2D eigenvalue weighted by molar-refractivity contribution is 9.10. The third-order valence-corrected chi connectivity index (χ3v) is 4.85. The predicted octanol–water partition coefficient (Wildman–Crippen LogP) is 3.82. The smallest absolute Gasteiger partial charge is 0.175 e. The van der Waals surface area contributed by atoms with Gasteiger partial charge in [-0.1, -0.05) is 6.92 Å². The van der Waals surface area contributed by atoms with E-state index >= 15 is 0 Å². The van der Waals surface area contributed by atoms with E-state index < -0.39 is 0 Å². The van der Waals surface area contributed by atoms with Crippen LogP contribution in [0.25, 0.3) is 0 Å². The normalized spacial score (nSPS) is 18.6. The molecule has 4 nitrogen and oxygen atoms in total. The van der Waals surface area contributed by atoms with E-state index in [1.807, 2.05) is 13.8 Å². The third kappa shape index (κ3) is 5.10. The topological polar surface area (TPSA) is 33.7 Å². The zero-order valence-corrected chi connectivity index (χ0v) is 16.3. The van der Waals surface area contributed by atoms with Crippen molar-refractivity contribution in [1.29, 1.82) is 0 Å². The molecule has 0 aliphatic carbocycles. The summed E-state index contributed by atoms with van der Waals surface area (Å²) in [5, 5.41) is 3.59. The van der Waals surface area contributed by atoms with Crippen molar-refractivity contribution in [2.24, 2.45) is 0 Å². The van der Waals surface area contributed by atoms with Crippen molar-refractivity contribution in [2.45, 2.75) is 52.3 Å². The van der Waals surface area contributed by atoms with Crippen LogP contribution in [0.4, 0.5) is 0 Å². The molecular formula is C18H29BrN2O2. The summed E-state index contributed by atoms with van der Waals surface area (Å²) in [6, 6.07) is 4.84. The lowest BCUT2D eigenvalue weighted by Gasteiger charge is -2.23. The van der Waals surface area contributed by atoms with E-state index in [9.17, 15) is 0 Å². The Kier molecular flexibility index (Phi) is 7.18. The van der Waals surface area contributed by atoms with Gasteiger partial charge in [0.25, 0.3) is 0 Å². The Morgan fingerprint density at radius 3 is 2.83 bits per heavy atom. The van der Waals surface area contributed by atoms with E-state index in [2.05, 4.69) is 45.2 Å². The summed E-state index contributed by atoms with van der Waals surface area (Å²) in [5.41, 5.74) is 1.20. The molecule has 1 aliphatic rings. The van der Waals surface area contributed by atoms with E-state index in [-0.39, 0.29) is 6.10 Å². The summed E-state index contributed by atoms with van der Waals surface area (Å²) in [6.45, 7) is 10.5. The number of benzene rings is 1. The summed E-state index contributed by atoms with van der Waals surface area (Å²) >= 11 is 3.61. The second-order valence-corrected chi connectivity index (χ2v) is 7.19. The van der Waals surface area contributed by atoms with Gasteiger partial charge in [-0.3, -0.25) is 4.90 Å². The molecule has 1 aliphatic heterocycles. The van der Waals surface area contributed by atoms with Crippen molar-refractivity contribution in [3.63, 3.8) is 0 Å². The fourth-order valence-electron chi connectivity index (χ4n) is 3.15. The molecule has 0 saturated carbocycles. The second-order valence-electron chi connectivity index (χ2n) is 6.33. The molecule has 1 fully saturated rings. The van der Waals surface area contributed by atoms with Gasteiger partial charge in [0.2, 0.25) is 0 Å². The van der Waals surface area contributed by atoms with E-state index in [0.717, 1.165) is 35.6 Å². The Morgan fingerprint density at radius 2 is 2.17 bits per heavy atom. The largest absolute Gasteiger partial charge is 0.493 e. The molecule has 0 radical (unpaired) electrons. The number of ether oxygens (including phenoxy) is 2.